The van der Waals surface area contributed by atoms with Crippen LogP contribution in [0.15, 0.2) is 18.2 Å². The molecule has 0 heterocycles. The summed E-state index contributed by atoms with van der Waals surface area (Å²) in [5.41, 5.74) is 1.53. The molecule has 1 rings (SSSR count). The van der Waals surface area contributed by atoms with Crippen molar-refractivity contribution >= 4 is 0 Å². The zero-order chi connectivity index (χ0) is 12.0. The van der Waals surface area contributed by atoms with Crippen LogP contribution in [0.1, 0.15) is 23.6 Å². The van der Waals surface area contributed by atoms with Crippen LogP contribution in [0.2, 0.25) is 0 Å². The minimum Gasteiger partial charge on any atom is -0.396 e. The number of aryl methyl sites for hydroxylation is 1. The van der Waals surface area contributed by atoms with Crippen molar-refractivity contribution in [3.8, 4) is 6.07 Å². The third-order valence-electron chi connectivity index (χ3n) is 2.36. The Morgan fingerprint density at radius 2 is 2.31 bits per heavy atom. The summed E-state index contributed by atoms with van der Waals surface area (Å²) in [4.78, 5) is 0. The Labute approximate surface area is 94.5 Å². The van der Waals surface area contributed by atoms with E-state index in [4.69, 9.17) is 10.4 Å². The predicted octanol–water partition coefficient (Wildman–Crippen LogP) is 1.67. The summed E-state index contributed by atoms with van der Waals surface area (Å²) in [6, 6.07) is 5.96. The van der Waals surface area contributed by atoms with Gasteiger partial charge in [-0.2, -0.15) is 5.26 Å². The molecule has 0 amide bonds. The van der Waals surface area contributed by atoms with E-state index in [0.717, 1.165) is 5.56 Å². The average molecular weight is 222 g/mol. The van der Waals surface area contributed by atoms with Gasteiger partial charge in [0.25, 0.3) is 0 Å². The Bertz CT molecular complexity index is 387. The molecule has 0 saturated heterocycles. The van der Waals surface area contributed by atoms with Crippen LogP contribution in [0.4, 0.5) is 4.39 Å². The van der Waals surface area contributed by atoms with Crippen molar-refractivity contribution in [2.24, 2.45) is 0 Å². The van der Waals surface area contributed by atoms with Gasteiger partial charge >= 0.3 is 0 Å². The maximum Gasteiger partial charge on any atom is 0.123 e. The molecule has 0 saturated carbocycles. The minimum absolute atomic E-state index is 0.0767. The van der Waals surface area contributed by atoms with Gasteiger partial charge in [-0.15, -0.1) is 0 Å². The lowest BCUT2D eigenvalue weighted by Crippen LogP contribution is -2.22. The highest BCUT2D eigenvalue weighted by atomic mass is 19.1. The standard InChI is InChI=1S/C12H15FN2O/c1-9-3-4-10(13)7-11(9)12(8-14)15-5-2-6-16/h3-4,7,12,15-16H,2,5-6H2,1H3. The Morgan fingerprint density at radius 3 is 2.94 bits per heavy atom. The second-order valence-corrected chi connectivity index (χ2v) is 3.59. The number of hydrogen-bond donors (Lipinski definition) is 2. The number of rotatable bonds is 5. The van der Waals surface area contributed by atoms with E-state index in [9.17, 15) is 4.39 Å². The smallest absolute Gasteiger partial charge is 0.123 e. The van der Waals surface area contributed by atoms with Crippen molar-refractivity contribution in [3.05, 3.63) is 35.1 Å². The van der Waals surface area contributed by atoms with E-state index in [-0.39, 0.29) is 12.4 Å². The molecule has 3 nitrogen and oxygen atoms in total. The van der Waals surface area contributed by atoms with Gasteiger partial charge < -0.3 is 5.11 Å². The zero-order valence-corrected chi connectivity index (χ0v) is 9.20. The molecule has 0 aliphatic rings. The number of benzene rings is 1. The zero-order valence-electron chi connectivity index (χ0n) is 9.20. The summed E-state index contributed by atoms with van der Waals surface area (Å²) in [6.07, 6.45) is 0.576. The largest absolute Gasteiger partial charge is 0.396 e. The maximum atomic E-state index is 13.1. The summed E-state index contributed by atoms with van der Waals surface area (Å²) in [6.45, 7) is 2.45. The normalized spacial score (nSPS) is 12.1. The van der Waals surface area contributed by atoms with Crippen LogP contribution in [0.5, 0.6) is 0 Å². The number of nitrogens with one attached hydrogen (secondary N) is 1. The van der Waals surface area contributed by atoms with Crippen molar-refractivity contribution in [3.63, 3.8) is 0 Å². The summed E-state index contributed by atoms with van der Waals surface area (Å²) in [7, 11) is 0. The van der Waals surface area contributed by atoms with E-state index in [2.05, 4.69) is 11.4 Å². The lowest BCUT2D eigenvalue weighted by Gasteiger charge is -2.13. The fourth-order valence-electron chi connectivity index (χ4n) is 1.47. The molecular formula is C12H15FN2O. The van der Waals surface area contributed by atoms with E-state index < -0.39 is 6.04 Å². The van der Waals surface area contributed by atoms with E-state index in [1.54, 1.807) is 6.07 Å². The molecule has 0 radical (unpaired) electrons. The fourth-order valence-corrected chi connectivity index (χ4v) is 1.47. The predicted molar refractivity (Wildman–Crippen MR) is 59.2 cm³/mol. The molecule has 2 N–H and O–H groups in total. The van der Waals surface area contributed by atoms with Crippen LogP contribution in [0.3, 0.4) is 0 Å². The lowest BCUT2D eigenvalue weighted by atomic mass is 10.0. The summed E-state index contributed by atoms with van der Waals surface area (Å²) in [5, 5.41) is 20.6. The first-order chi connectivity index (χ1) is 7.69. The Kier molecular flexibility index (Phi) is 4.90. The second kappa shape index (κ2) is 6.21. The third kappa shape index (κ3) is 3.30. The second-order valence-electron chi connectivity index (χ2n) is 3.59. The molecule has 1 aromatic carbocycles. The van der Waals surface area contributed by atoms with Crippen molar-refractivity contribution in [2.45, 2.75) is 19.4 Å². The number of hydrogen-bond acceptors (Lipinski definition) is 3. The van der Waals surface area contributed by atoms with E-state index in [1.807, 2.05) is 6.92 Å². The van der Waals surface area contributed by atoms with Gasteiger partial charge in [-0.05, 0) is 43.1 Å². The van der Waals surface area contributed by atoms with Crippen molar-refractivity contribution < 1.29 is 9.50 Å². The Morgan fingerprint density at radius 1 is 1.56 bits per heavy atom. The fraction of sp³-hybridized carbons (Fsp3) is 0.417. The van der Waals surface area contributed by atoms with Crippen LogP contribution >= 0.6 is 0 Å². The van der Waals surface area contributed by atoms with Gasteiger partial charge in [0.05, 0.1) is 6.07 Å². The maximum absolute atomic E-state index is 13.1. The molecule has 86 valence electrons. The monoisotopic (exact) mass is 222 g/mol. The number of halogens is 1. The van der Waals surface area contributed by atoms with Crippen LogP contribution < -0.4 is 5.32 Å². The molecule has 16 heavy (non-hydrogen) atoms. The first-order valence-electron chi connectivity index (χ1n) is 5.19. The van der Waals surface area contributed by atoms with Gasteiger partial charge in [-0.25, -0.2) is 4.39 Å². The number of aliphatic hydroxyl groups excluding tert-OH is 1. The van der Waals surface area contributed by atoms with Gasteiger partial charge in [0.2, 0.25) is 0 Å². The van der Waals surface area contributed by atoms with Crippen molar-refractivity contribution in [1.82, 2.24) is 5.32 Å². The molecule has 1 atom stereocenters. The van der Waals surface area contributed by atoms with Crippen molar-refractivity contribution in [1.29, 1.82) is 5.26 Å². The topological polar surface area (TPSA) is 56.0 Å². The Hall–Kier alpha value is -1.44. The van der Waals surface area contributed by atoms with Gasteiger partial charge in [-0.3, -0.25) is 5.32 Å². The van der Waals surface area contributed by atoms with Crippen LogP contribution in [0, 0.1) is 24.1 Å². The summed E-state index contributed by atoms with van der Waals surface area (Å²) < 4.78 is 13.1. The van der Waals surface area contributed by atoms with Crippen molar-refractivity contribution in [2.75, 3.05) is 13.2 Å². The highest BCUT2D eigenvalue weighted by Crippen LogP contribution is 2.18. The molecule has 0 bridgehead atoms. The Balaban J connectivity index is 2.79. The molecule has 0 fully saturated rings. The lowest BCUT2D eigenvalue weighted by molar-refractivity contribution is 0.285. The number of aliphatic hydroxyl groups is 1. The number of nitrogens with zero attached hydrogens (tertiary/aromatic N) is 1. The highest BCUT2D eigenvalue weighted by molar-refractivity contribution is 5.32. The molecule has 0 aliphatic heterocycles. The van der Waals surface area contributed by atoms with Gasteiger partial charge in [0.1, 0.15) is 11.9 Å². The molecule has 4 heteroatoms. The molecule has 1 aromatic rings. The molecule has 1 unspecified atom stereocenters. The van der Waals surface area contributed by atoms with E-state index in [1.165, 1.54) is 12.1 Å². The number of nitriles is 1. The molecule has 0 aromatic heterocycles. The molecule has 0 spiro atoms. The molecular weight excluding hydrogens is 207 g/mol. The van der Waals surface area contributed by atoms with Crippen LogP contribution in [-0.2, 0) is 0 Å². The van der Waals surface area contributed by atoms with Crippen LogP contribution in [-0.4, -0.2) is 18.3 Å². The SMILES string of the molecule is Cc1ccc(F)cc1C(C#N)NCCCO. The van der Waals surface area contributed by atoms with Crippen LogP contribution in [0.25, 0.3) is 0 Å². The summed E-state index contributed by atoms with van der Waals surface area (Å²) in [5.74, 6) is -0.343. The van der Waals surface area contributed by atoms with E-state index >= 15 is 0 Å². The van der Waals surface area contributed by atoms with E-state index in [0.29, 0.717) is 18.5 Å². The minimum atomic E-state index is -0.526. The van der Waals surface area contributed by atoms with Gasteiger partial charge in [0.15, 0.2) is 0 Å². The van der Waals surface area contributed by atoms with Gasteiger partial charge in [0, 0.05) is 6.61 Å². The molecule has 0 aliphatic carbocycles. The first kappa shape index (κ1) is 12.6. The third-order valence-corrected chi connectivity index (χ3v) is 2.36. The average Bonchev–Trinajstić information content (AvgIpc) is 2.28. The first-order valence-corrected chi connectivity index (χ1v) is 5.19. The summed E-state index contributed by atoms with van der Waals surface area (Å²) >= 11 is 0. The highest BCUT2D eigenvalue weighted by Gasteiger charge is 2.12. The van der Waals surface area contributed by atoms with Gasteiger partial charge in [-0.1, -0.05) is 6.07 Å². The quantitative estimate of drug-likeness (QED) is 0.745.